The van der Waals surface area contributed by atoms with E-state index in [1.807, 2.05) is 35.7 Å². The van der Waals surface area contributed by atoms with Gasteiger partial charge in [-0.15, -0.1) is 11.3 Å². The number of aromatic nitrogens is 1. The minimum absolute atomic E-state index is 0.0781. The van der Waals surface area contributed by atoms with Gasteiger partial charge >= 0.3 is 0 Å². The van der Waals surface area contributed by atoms with Crippen LogP contribution in [0.5, 0.6) is 0 Å². The lowest BCUT2D eigenvalue weighted by Crippen LogP contribution is -2.22. The van der Waals surface area contributed by atoms with Crippen molar-refractivity contribution in [1.29, 1.82) is 0 Å². The molecule has 0 bridgehead atoms. The third-order valence-electron chi connectivity index (χ3n) is 4.70. The number of benzene rings is 2. The Morgan fingerprint density at radius 1 is 1.18 bits per heavy atom. The summed E-state index contributed by atoms with van der Waals surface area (Å²) in [6, 6.07) is 12.4. The summed E-state index contributed by atoms with van der Waals surface area (Å²) in [7, 11) is 0. The van der Waals surface area contributed by atoms with E-state index in [1.54, 1.807) is 6.07 Å². The van der Waals surface area contributed by atoms with E-state index >= 15 is 0 Å². The van der Waals surface area contributed by atoms with Gasteiger partial charge in [0, 0.05) is 24.0 Å². The van der Waals surface area contributed by atoms with Gasteiger partial charge in [-0.1, -0.05) is 35.9 Å². The Balaban J connectivity index is 1.49. The van der Waals surface area contributed by atoms with Gasteiger partial charge in [0.1, 0.15) is 16.5 Å². The zero-order valence-electron chi connectivity index (χ0n) is 15.1. The van der Waals surface area contributed by atoms with Crippen LogP contribution in [0.1, 0.15) is 18.5 Å². The number of carbonyl (C=O) groups excluding carboxylic acids is 1. The normalized spacial score (nSPS) is 13.7. The maximum Gasteiger partial charge on any atom is 0.230 e. The topological polar surface area (TPSA) is 45.2 Å². The van der Waals surface area contributed by atoms with E-state index in [2.05, 4.69) is 15.2 Å². The van der Waals surface area contributed by atoms with Gasteiger partial charge < -0.3 is 10.2 Å². The molecule has 0 unspecified atom stereocenters. The molecule has 3 aromatic rings. The van der Waals surface area contributed by atoms with Crippen molar-refractivity contribution in [3.8, 4) is 10.6 Å². The molecule has 0 radical (unpaired) electrons. The first-order valence-corrected chi connectivity index (χ1v) is 10.4. The fraction of sp³-hybridized carbons (Fsp3) is 0.238. The molecule has 1 aliphatic heterocycles. The van der Waals surface area contributed by atoms with Crippen LogP contribution < -0.4 is 10.2 Å². The molecule has 28 heavy (non-hydrogen) atoms. The average Bonchev–Trinajstić information content (AvgIpc) is 3.36. The van der Waals surface area contributed by atoms with Gasteiger partial charge in [0.05, 0.1) is 22.8 Å². The summed E-state index contributed by atoms with van der Waals surface area (Å²) in [5, 5.41) is 5.96. The van der Waals surface area contributed by atoms with Crippen LogP contribution in [-0.4, -0.2) is 24.0 Å². The molecule has 1 fully saturated rings. The molecule has 1 N–H and O–H groups in total. The number of halogens is 2. The van der Waals surface area contributed by atoms with E-state index in [9.17, 15) is 9.18 Å². The molecule has 4 nitrogen and oxygen atoms in total. The van der Waals surface area contributed by atoms with Crippen molar-refractivity contribution in [2.75, 3.05) is 23.3 Å². The summed E-state index contributed by atoms with van der Waals surface area (Å²) in [4.78, 5) is 19.2. The highest BCUT2D eigenvalue weighted by Crippen LogP contribution is 2.32. The zero-order chi connectivity index (χ0) is 19.5. The monoisotopic (exact) mass is 415 g/mol. The van der Waals surface area contributed by atoms with Gasteiger partial charge in [0.25, 0.3) is 0 Å². The standard InChI is InChI=1S/C21H19ClFN3OS/c22-16-7-2-1-6-15(16)21-24-14(13-28-21)12-19(27)25-20-17(23)8-5-9-18(20)26-10-3-4-11-26/h1-2,5-9,13H,3-4,10-12H2,(H,25,27). The van der Waals surface area contributed by atoms with E-state index in [0.717, 1.165) is 42.2 Å². The molecule has 0 atom stereocenters. The molecule has 7 heteroatoms. The highest BCUT2D eigenvalue weighted by Gasteiger charge is 2.20. The van der Waals surface area contributed by atoms with E-state index in [1.165, 1.54) is 17.4 Å². The second-order valence-corrected chi connectivity index (χ2v) is 7.94. The number of carbonyl (C=O) groups is 1. The number of anilines is 2. The van der Waals surface area contributed by atoms with Gasteiger partial charge in [0.15, 0.2) is 0 Å². The predicted octanol–water partition coefficient (Wildman–Crippen LogP) is 5.38. The lowest BCUT2D eigenvalue weighted by Gasteiger charge is -2.21. The summed E-state index contributed by atoms with van der Waals surface area (Å²) in [6.07, 6.45) is 2.23. The Morgan fingerprint density at radius 2 is 1.96 bits per heavy atom. The SMILES string of the molecule is O=C(Cc1csc(-c2ccccc2Cl)n1)Nc1c(F)cccc1N1CCCC1. The van der Waals surface area contributed by atoms with Crippen LogP contribution in [0.15, 0.2) is 47.8 Å². The van der Waals surface area contributed by atoms with Crippen molar-refractivity contribution in [3.63, 3.8) is 0 Å². The molecule has 1 saturated heterocycles. The molecule has 1 amide bonds. The summed E-state index contributed by atoms with van der Waals surface area (Å²) < 4.78 is 14.4. The molecule has 2 heterocycles. The first-order chi connectivity index (χ1) is 13.6. The molecule has 0 saturated carbocycles. The second-order valence-electron chi connectivity index (χ2n) is 6.68. The Bertz CT molecular complexity index is 1000. The molecular weight excluding hydrogens is 397 g/mol. The number of hydrogen-bond donors (Lipinski definition) is 1. The average molecular weight is 416 g/mol. The van der Waals surface area contributed by atoms with E-state index in [4.69, 9.17) is 11.6 Å². The summed E-state index contributed by atoms with van der Waals surface area (Å²) in [5.41, 5.74) is 2.46. The Morgan fingerprint density at radius 3 is 2.75 bits per heavy atom. The molecule has 1 aromatic heterocycles. The van der Waals surface area contributed by atoms with E-state index in [0.29, 0.717) is 10.7 Å². The van der Waals surface area contributed by atoms with Crippen molar-refractivity contribution in [1.82, 2.24) is 4.98 Å². The van der Waals surface area contributed by atoms with Crippen molar-refractivity contribution in [2.24, 2.45) is 0 Å². The van der Waals surface area contributed by atoms with Crippen molar-refractivity contribution in [2.45, 2.75) is 19.3 Å². The van der Waals surface area contributed by atoms with Crippen molar-refractivity contribution < 1.29 is 9.18 Å². The Kier molecular flexibility index (Phi) is 5.59. The molecule has 1 aliphatic rings. The van der Waals surface area contributed by atoms with Crippen molar-refractivity contribution >= 4 is 40.2 Å². The summed E-state index contributed by atoms with van der Waals surface area (Å²) >= 11 is 7.65. The van der Waals surface area contributed by atoms with Gasteiger partial charge in [-0.3, -0.25) is 4.79 Å². The minimum Gasteiger partial charge on any atom is -0.370 e. The summed E-state index contributed by atoms with van der Waals surface area (Å²) in [5.74, 6) is -0.714. The van der Waals surface area contributed by atoms with Crippen LogP contribution in [0.3, 0.4) is 0 Å². The number of rotatable bonds is 5. The molecular formula is C21H19ClFN3OS. The Labute approximate surface area is 172 Å². The number of nitrogens with zero attached hydrogens (tertiary/aromatic N) is 2. The Hall–Kier alpha value is -2.44. The van der Waals surface area contributed by atoms with Crippen LogP contribution in [0.2, 0.25) is 5.02 Å². The first-order valence-electron chi connectivity index (χ1n) is 9.14. The van der Waals surface area contributed by atoms with Crippen molar-refractivity contribution in [3.05, 3.63) is 64.4 Å². The van der Waals surface area contributed by atoms with Gasteiger partial charge in [0.2, 0.25) is 5.91 Å². The molecule has 4 rings (SSSR count). The van der Waals surface area contributed by atoms with Gasteiger partial charge in [-0.2, -0.15) is 0 Å². The number of nitrogens with one attached hydrogen (secondary N) is 1. The van der Waals surface area contributed by atoms with Gasteiger partial charge in [-0.25, -0.2) is 9.37 Å². The highest BCUT2D eigenvalue weighted by molar-refractivity contribution is 7.13. The molecule has 0 spiro atoms. The quantitative estimate of drug-likeness (QED) is 0.608. The van der Waals surface area contributed by atoms with Crippen LogP contribution in [0.25, 0.3) is 10.6 Å². The third-order valence-corrected chi connectivity index (χ3v) is 5.95. The largest absolute Gasteiger partial charge is 0.370 e. The van der Waals surface area contributed by atoms with E-state index in [-0.39, 0.29) is 18.0 Å². The predicted molar refractivity (Wildman–Crippen MR) is 113 cm³/mol. The lowest BCUT2D eigenvalue weighted by atomic mass is 10.2. The smallest absolute Gasteiger partial charge is 0.230 e. The highest BCUT2D eigenvalue weighted by atomic mass is 35.5. The number of para-hydroxylation sites is 1. The summed E-state index contributed by atoms with van der Waals surface area (Å²) in [6.45, 7) is 1.75. The first kappa shape index (κ1) is 18.9. The maximum atomic E-state index is 14.4. The van der Waals surface area contributed by atoms with Crippen LogP contribution in [0, 0.1) is 5.82 Å². The fourth-order valence-corrected chi connectivity index (χ4v) is 4.49. The molecule has 2 aromatic carbocycles. The number of hydrogen-bond acceptors (Lipinski definition) is 4. The van der Waals surface area contributed by atoms with Crippen LogP contribution in [-0.2, 0) is 11.2 Å². The van der Waals surface area contributed by atoms with Crippen LogP contribution in [0.4, 0.5) is 15.8 Å². The fourth-order valence-electron chi connectivity index (χ4n) is 3.35. The number of thiazole rings is 1. The van der Waals surface area contributed by atoms with Crippen LogP contribution >= 0.6 is 22.9 Å². The minimum atomic E-state index is -0.423. The van der Waals surface area contributed by atoms with Gasteiger partial charge in [-0.05, 0) is 31.0 Å². The second kappa shape index (κ2) is 8.29. The lowest BCUT2D eigenvalue weighted by molar-refractivity contribution is -0.115. The number of amides is 1. The maximum absolute atomic E-state index is 14.4. The third kappa shape index (κ3) is 4.03. The van der Waals surface area contributed by atoms with E-state index < -0.39 is 5.82 Å². The zero-order valence-corrected chi connectivity index (χ0v) is 16.7. The molecule has 0 aliphatic carbocycles. The molecule has 144 valence electrons.